The Labute approximate surface area is 96.8 Å². The van der Waals surface area contributed by atoms with Crippen LogP contribution >= 0.6 is 0 Å². The number of hydrogen-bond donors (Lipinski definition) is 1. The largest absolute Gasteiger partial charge is 0.462 e. The molecule has 1 aromatic heterocycles. The minimum Gasteiger partial charge on any atom is -0.462 e. The number of nitrogens with zero attached hydrogens (tertiary/aromatic N) is 1. The lowest BCUT2D eigenvalue weighted by molar-refractivity contribution is 0.0520. The number of carbonyl (C=O) groups excluding carboxylic acids is 1. The van der Waals surface area contributed by atoms with Gasteiger partial charge in [0, 0.05) is 5.39 Å². The first-order valence-corrected chi connectivity index (χ1v) is 5.16. The SMILES string of the molecule is CCOC(=O)c1cn(O)c2ccccc2c1=O. The molecule has 0 aliphatic rings. The number of fused-ring (bicyclic) bond motifs is 1. The van der Waals surface area contributed by atoms with Gasteiger partial charge in [-0.05, 0) is 19.1 Å². The number of para-hydroxylation sites is 1. The molecule has 0 atom stereocenters. The van der Waals surface area contributed by atoms with E-state index in [4.69, 9.17) is 4.74 Å². The highest BCUT2D eigenvalue weighted by Gasteiger charge is 2.15. The van der Waals surface area contributed by atoms with E-state index in [1.807, 2.05) is 0 Å². The molecule has 5 nitrogen and oxygen atoms in total. The number of esters is 1. The lowest BCUT2D eigenvalue weighted by Crippen LogP contribution is -2.20. The topological polar surface area (TPSA) is 68.5 Å². The lowest BCUT2D eigenvalue weighted by atomic mass is 10.1. The number of aromatic nitrogens is 1. The van der Waals surface area contributed by atoms with Gasteiger partial charge in [-0.1, -0.05) is 12.1 Å². The number of hydrogen-bond acceptors (Lipinski definition) is 4. The van der Waals surface area contributed by atoms with Crippen LogP contribution in [0.2, 0.25) is 0 Å². The normalized spacial score (nSPS) is 10.4. The van der Waals surface area contributed by atoms with E-state index in [1.54, 1.807) is 31.2 Å². The highest BCUT2D eigenvalue weighted by molar-refractivity contribution is 5.93. The molecule has 1 aromatic carbocycles. The van der Waals surface area contributed by atoms with Crippen molar-refractivity contribution in [2.45, 2.75) is 6.92 Å². The average molecular weight is 233 g/mol. The number of pyridine rings is 1. The second-order valence-electron chi connectivity index (χ2n) is 3.45. The minimum atomic E-state index is -0.731. The summed E-state index contributed by atoms with van der Waals surface area (Å²) in [6.45, 7) is 1.83. The predicted octanol–water partition coefficient (Wildman–Crippen LogP) is 1.42. The molecule has 2 rings (SSSR count). The first-order chi connectivity index (χ1) is 8.15. The molecule has 0 spiro atoms. The molecule has 2 aromatic rings. The van der Waals surface area contributed by atoms with E-state index < -0.39 is 11.4 Å². The Morgan fingerprint density at radius 3 is 2.82 bits per heavy atom. The van der Waals surface area contributed by atoms with E-state index in [9.17, 15) is 14.8 Å². The van der Waals surface area contributed by atoms with Gasteiger partial charge in [0.2, 0.25) is 5.43 Å². The third kappa shape index (κ3) is 1.87. The number of ether oxygens (including phenoxy) is 1. The minimum absolute atomic E-state index is 0.173. The molecule has 0 saturated carbocycles. The number of rotatable bonds is 2. The van der Waals surface area contributed by atoms with Crippen molar-refractivity contribution in [2.75, 3.05) is 6.61 Å². The molecule has 1 N–H and O–H groups in total. The quantitative estimate of drug-likeness (QED) is 0.629. The van der Waals surface area contributed by atoms with Gasteiger partial charge in [0.05, 0.1) is 18.3 Å². The summed E-state index contributed by atoms with van der Waals surface area (Å²) in [6.07, 6.45) is 1.07. The van der Waals surface area contributed by atoms with E-state index in [-0.39, 0.29) is 17.6 Å². The standard InChI is InChI=1S/C12H11NO4/c1-2-17-12(15)9-7-13(16)10-6-4-3-5-8(10)11(9)14/h3-7,16H,2H2,1H3. The second kappa shape index (κ2) is 4.29. The molecule has 0 radical (unpaired) electrons. The van der Waals surface area contributed by atoms with E-state index >= 15 is 0 Å². The van der Waals surface area contributed by atoms with Crippen molar-refractivity contribution >= 4 is 16.9 Å². The fourth-order valence-electron chi connectivity index (χ4n) is 1.62. The van der Waals surface area contributed by atoms with Crippen LogP contribution in [-0.2, 0) is 4.74 Å². The van der Waals surface area contributed by atoms with Gasteiger partial charge in [-0.2, -0.15) is 4.73 Å². The van der Waals surface area contributed by atoms with Crippen molar-refractivity contribution in [3.05, 3.63) is 46.2 Å². The molecule has 17 heavy (non-hydrogen) atoms. The van der Waals surface area contributed by atoms with Crippen LogP contribution in [0.4, 0.5) is 0 Å². The molecule has 88 valence electrons. The Balaban J connectivity index is 2.71. The van der Waals surface area contributed by atoms with Crippen molar-refractivity contribution in [1.29, 1.82) is 0 Å². The summed E-state index contributed by atoms with van der Waals surface area (Å²) >= 11 is 0. The second-order valence-corrected chi connectivity index (χ2v) is 3.45. The molecule has 0 bridgehead atoms. The van der Waals surface area contributed by atoms with Crippen LogP contribution in [0.5, 0.6) is 0 Å². The van der Waals surface area contributed by atoms with Gasteiger partial charge in [0.15, 0.2) is 0 Å². The fraction of sp³-hybridized carbons (Fsp3) is 0.167. The molecule has 0 aliphatic heterocycles. The summed E-state index contributed by atoms with van der Waals surface area (Å²) < 4.78 is 5.50. The lowest BCUT2D eigenvalue weighted by Gasteiger charge is -2.06. The van der Waals surface area contributed by atoms with Crippen molar-refractivity contribution in [2.24, 2.45) is 0 Å². The summed E-state index contributed by atoms with van der Waals surface area (Å²) in [5, 5.41) is 9.94. The molecule has 0 aliphatic carbocycles. The van der Waals surface area contributed by atoms with Crippen molar-refractivity contribution in [1.82, 2.24) is 4.73 Å². The van der Waals surface area contributed by atoms with E-state index in [0.717, 1.165) is 10.9 Å². The van der Waals surface area contributed by atoms with Crippen LogP contribution in [-0.4, -0.2) is 22.5 Å². The number of benzene rings is 1. The van der Waals surface area contributed by atoms with E-state index in [0.29, 0.717) is 5.52 Å². The van der Waals surface area contributed by atoms with Gasteiger partial charge in [-0.25, -0.2) is 4.79 Å². The third-order valence-corrected chi connectivity index (χ3v) is 2.39. The van der Waals surface area contributed by atoms with Crippen molar-refractivity contribution < 1.29 is 14.7 Å². The molecule has 1 heterocycles. The third-order valence-electron chi connectivity index (χ3n) is 2.39. The summed E-state index contributed by atoms with van der Waals surface area (Å²) in [5.74, 6) is -0.731. The maximum absolute atomic E-state index is 12.0. The molecule has 5 heteroatoms. The zero-order valence-corrected chi connectivity index (χ0v) is 9.21. The average Bonchev–Trinajstić information content (AvgIpc) is 2.34. The predicted molar refractivity (Wildman–Crippen MR) is 61.3 cm³/mol. The van der Waals surface area contributed by atoms with Gasteiger partial charge in [-0.15, -0.1) is 0 Å². The maximum Gasteiger partial charge on any atom is 0.343 e. The summed E-state index contributed by atoms with van der Waals surface area (Å²) in [7, 11) is 0. The van der Waals surface area contributed by atoms with Crippen LogP contribution in [0.25, 0.3) is 10.9 Å². The van der Waals surface area contributed by atoms with Crippen LogP contribution in [0.15, 0.2) is 35.3 Å². The van der Waals surface area contributed by atoms with Crippen molar-refractivity contribution in [3.63, 3.8) is 0 Å². The van der Waals surface area contributed by atoms with Gasteiger partial charge >= 0.3 is 5.97 Å². The van der Waals surface area contributed by atoms with Crippen LogP contribution in [0, 0.1) is 0 Å². The maximum atomic E-state index is 12.0. The summed E-state index contributed by atoms with van der Waals surface area (Å²) in [5.41, 5.74) is -0.261. The Hall–Kier alpha value is -2.30. The molecule has 0 fully saturated rings. The van der Waals surface area contributed by atoms with Gasteiger partial charge in [0.1, 0.15) is 5.56 Å². The zero-order chi connectivity index (χ0) is 12.4. The van der Waals surface area contributed by atoms with Crippen LogP contribution in [0.3, 0.4) is 0 Å². The first-order valence-electron chi connectivity index (χ1n) is 5.16. The van der Waals surface area contributed by atoms with E-state index in [1.165, 1.54) is 0 Å². The number of carbonyl (C=O) groups is 1. The van der Waals surface area contributed by atoms with Gasteiger partial charge < -0.3 is 9.94 Å². The Kier molecular flexibility index (Phi) is 2.82. The summed E-state index contributed by atoms with van der Waals surface area (Å²) in [4.78, 5) is 23.5. The zero-order valence-electron chi connectivity index (χ0n) is 9.21. The van der Waals surface area contributed by atoms with Crippen LogP contribution < -0.4 is 5.43 Å². The van der Waals surface area contributed by atoms with Gasteiger partial charge in [0.25, 0.3) is 0 Å². The van der Waals surface area contributed by atoms with E-state index in [2.05, 4.69) is 0 Å². The molecule has 0 amide bonds. The Morgan fingerprint density at radius 2 is 2.12 bits per heavy atom. The van der Waals surface area contributed by atoms with Gasteiger partial charge in [-0.3, -0.25) is 4.79 Å². The van der Waals surface area contributed by atoms with Crippen molar-refractivity contribution in [3.8, 4) is 0 Å². The summed E-state index contributed by atoms with van der Waals surface area (Å²) in [6, 6.07) is 6.50. The smallest absolute Gasteiger partial charge is 0.343 e. The highest BCUT2D eigenvalue weighted by Crippen LogP contribution is 2.10. The Morgan fingerprint density at radius 1 is 1.41 bits per heavy atom. The molecule has 0 unspecified atom stereocenters. The molecule has 0 saturated heterocycles. The Bertz CT molecular complexity index is 630. The van der Waals surface area contributed by atoms with Crippen LogP contribution in [0.1, 0.15) is 17.3 Å². The monoisotopic (exact) mass is 233 g/mol. The first kappa shape index (κ1) is 11.2. The fourth-order valence-corrected chi connectivity index (χ4v) is 1.62. The highest BCUT2D eigenvalue weighted by atomic mass is 16.5. The molecular formula is C12H11NO4. The molecular weight excluding hydrogens is 222 g/mol.